The SMILES string of the molecule is Cc1ccc(CC(C)NC2=NCCC2)s1. The zero-order chi connectivity index (χ0) is 10.7. The normalized spacial score (nSPS) is 17.6. The van der Waals surface area contributed by atoms with Gasteiger partial charge in [-0.3, -0.25) is 4.99 Å². The van der Waals surface area contributed by atoms with Gasteiger partial charge in [-0.15, -0.1) is 11.3 Å². The average molecular weight is 222 g/mol. The molecule has 0 aliphatic carbocycles. The Balaban J connectivity index is 1.84. The Morgan fingerprint density at radius 1 is 1.53 bits per heavy atom. The number of nitrogens with zero attached hydrogens (tertiary/aromatic N) is 1. The number of amidine groups is 1. The second-order valence-electron chi connectivity index (χ2n) is 4.19. The first-order valence-electron chi connectivity index (χ1n) is 5.59. The van der Waals surface area contributed by atoms with Gasteiger partial charge in [0.15, 0.2) is 0 Å². The van der Waals surface area contributed by atoms with Gasteiger partial charge in [-0.05, 0) is 32.4 Å². The van der Waals surface area contributed by atoms with Crippen molar-refractivity contribution in [3.8, 4) is 0 Å². The van der Waals surface area contributed by atoms with Crippen molar-refractivity contribution in [2.75, 3.05) is 6.54 Å². The molecule has 0 saturated heterocycles. The minimum Gasteiger partial charge on any atom is -0.371 e. The number of nitrogens with one attached hydrogen (secondary N) is 1. The quantitative estimate of drug-likeness (QED) is 0.835. The first-order valence-corrected chi connectivity index (χ1v) is 6.41. The molecule has 0 fully saturated rings. The molecule has 0 aromatic carbocycles. The van der Waals surface area contributed by atoms with Gasteiger partial charge in [0.25, 0.3) is 0 Å². The molecule has 1 atom stereocenters. The van der Waals surface area contributed by atoms with E-state index in [2.05, 4.69) is 36.3 Å². The summed E-state index contributed by atoms with van der Waals surface area (Å²) in [5.74, 6) is 1.20. The summed E-state index contributed by atoms with van der Waals surface area (Å²) >= 11 is 1.89. The molecule has 0 spiro atoms. The fraction of sp³-hybridized carbons (Fsp3) is 0.583. The van der Waals surface area contributed by atoms with Crippen molar-refractivity contribution < 1.29 is 0 Å². The van der Waals surface area contributed by atoms with E-state index in [4.69, 9.17) is 0 Å². The van der Waals surface area contributed by atoms with Gasteiger partial charge in [-0.25, -0.2) is 0 Å². The minimum absolute atomic E-state index is 0.500. The summed E-state index contributed by atoms with van der Waals surface area (Å²) in [6.07, 6.45) is 3.46. The van der Waals surface area contributed by atoms with E-state index in [9.17, 15) is 0 Å². The van der Waals surface area contributed by atoms with Gasteiger partial charge in [0, 0.05) is 35.2 Å². The van der Waals surface area contributed by atoms with Crippen LogP contribution in [0.4, 0.5) is 0 Å². The molecule has 2 nitrogen and oxygen atoms in total. The first kappa shape index (κ1) is 10.7. The number of aliphatic imine (C=N–C) groups is 1. The van der Waals surface area contributed by atoms with Gasteiger partial charge in [0.1, 0.15) is 0 Å². The van der Waals surface area contributed by atoms with Crippen molar-refractivity contribution in [2.45, 2.75) is 39.2 Å². The van der Waals surface area contributed by atoms with Crippen LogP contribution in [0.1, 0.15) is 29.5 Å². The van der Waals surface area contributed by atoms with E-state index in [0.29, 0.717) is 6.04 Å². The number of rotatable bonds is 3. The number of hydrogen-bond acceptors (Lipinski definition) is 3. The van der Waals surface area contributed by atoms with E-state index in [1.807, 2.05) is 11.3 Å². The molecule has 0 amide bonds. The third kappa shape index (κ3) is 3.06. The monoisotopic (exact) mass is 222 g/mol. The molecule has 1 unspecified atom stereocenters. The Hall–Kier alpha value is -0.830. The van der Waals surface area contributed by atoms with Crippen molar-refractivity contribution >= 4 is 17.2 Å². The van der Waals surface area contributed by atoms with Gasteiger partial charge >= 0.3 is 0 Å². The zero-order valence-electron chi connectivity index (χ0n) is 9.42. The topological polar surface area (TPSA) is 24.4 Å². The molecule has 1 aromatic rings. The molecule has 1 aliphatic heterocycles. The Bertz CT molecular complexity index is 354. The minimum atomic E-state index is 0.500. The smallest absolute Gasteiger partial charge is 0.0965 e. The van der Waals surface area contributed by atoms with Crippen molar-refractivity contribution in [3.05, 3.63) is 21.9 Å². The average Bonchev–Trinajstić information content (AvgIpc) is 2.77. The molecule has 2 heterocycles. The van der Waals surface area contributed by atoms with E-state index in [1.165, 1.54) is 22.0 Å². The summed E-state index contributed by atoms with van der Waals surface area (Å²) in [7, 11) is 0. The maximum atomic E-state index is 4.43. The Morgan fingerprint density at radius 3 is 3.00 bits per heavy atom. The van der Waals surface area contributed by atoms with Gasteiger partial charge in [-0.2, -0.15) is 0 Å². The summed E-state index contributed by atoms with van der Waals surface area (Å²) < 4.78 is 0. The molecule has 3 heteroatoms. The van der Waals surface area contributed by atoms with E-state index in [-0.39, 0.29) is 0 Å². The van der Waals surface area contributed by atoms with Crippen LogP contribution in [0.5, 0.6) is 0 Å². The Labute approximate surface area is 95.4 Å². The highest BCUT2D eigenvalue weighted by atomic mass is 32.1. The molecule has 1 aromatic heterocycles. The predicted molar refractivity (Wildman–Crippen MR) is 66.9 cm³/mol. The van der Waals surface area contributed by atoms with Crippen LogP contribution in [-0.2, 0) is 6.42 Å². The van der Waals surface area contributed by atoms with Crippen LogP contribution in [0.25, 0.3) is 0 Å². The molecule has 0 saturated carbocycles. The maximum absolute atomic E-state index is 4.43. The van der Waals surface area contributed by atoms with Crippen LogP contribution in [0.15, 0.2) is 17.1 Å². The van der Waals surface area contributed by atoms with Crippen LogP contribution >= 0.6 is 11.3 Å². The van der Waals surface area contributed by atoms with Crippen LogP contribution < -0.4 is 5.32 Å². The molecule has 82 valence electrons. The predicted octanol–water partition coefficient (Wildman–Crippen LogP) is 2.77. The molecular weight excluding hydrogens is 204 g/mol. The molecule has 1 N–H and O–H groups in total. The van der Waals surface area contributed by atoms with E-state index >= 15 is 0 Å². The molecule has 15 heavy (non-hydrogen) atoms. The van der Waals surface area contributed by atoms with Gasteiger partial charge in [-0.1, -0.05) is 0 Å². The van der Waals surface area contributed by atoms with Crippen LogP contribution in [0.3, 0.4) is 0 Å². The third-order valence-corrected chi connectivity index (χ3v) is 3.61. The lowest BCUT2D eigenvalue weighted by Crippen LogP contribution is -2.32. The molecule has 0 radical (unpaired) electrons. The maximum Gasteiger partial charge on any atom is 0.0965 e. The Morgan fingerprint density at radius 2 is 2.40 bits per heavy atom. The lowest BCUT2D eigenvalue weighted by molar-refractivity contribution is 0.661. The van der Waals surface area contributed by atoms with Gasteiger partial charge in [0.2, 0.25) is 0 Å². The van der Waals surface area contributed by atoms with E-state index in [1.54, 1.807) is 0 Å². The molecule has 0 bridgehead atoms. The van der Waals surface area contributed by atoms with Gasteiger partial charge < -0.3 is 5.32 Å². The molecule has 1 aliphatic rings. The third-order valence-electron chi connectivity index (χ3n) is 2.59. The van der Waals surface area contributed by atoms with E-state index in [0.717, 1.165) is 19.4 Å². The standard InChI is InChI=1S/C12H18N2S/c1-9(14-12-4-3-7-13-12)8-11-6-5-10(2)15-11/h5-6,9H,3-4,7-8H2,1-2H3,(H,13,14). The number of thiophene rings is 1. The largest absolute Gasteiger partial charge is 0.371 e. The number of aryl methyl sites for hydroxylation is 1. The Kier molecular flexibility index (Phi) is 3.41. The van der Waals surface area contributed by atoms with Crippen LogP contribution in [0, 0.1) is 6.92 Å². The van der Waals surface area contributed by atoms with Crippen molar-refractivity contribution in [1.82, 2.24) is 5.32 Å². The highest BCUT2D eigenvalue weighted by Gasteiger charge is 2.10. The summed E-state index contributed by atoms with van der Waals surface area (Å²) in [4.78, 5) is 7.29. The lowest BCUT2D eigenvalue weighted by Gasteiger charge is -2.13. The summed E-state index contributed by atoms with van der Waals surface area (Å²) in [6.45, 7) is 5.40. The zero-order valence-corrected chi connectivity index (χ0v) is 10.2. The number of hydrogen-bond donors (Lipinski definition) is 1. The summed E-state index contributed by atoms with van der Waals surface area (Å²) in [5, 5.41) is 3.49. The molecular formula is C12H18N2S. The van der Waals surface area contributed by atoms with E-state index < -0.39 is 0 Å². The second-order valence-corrected chi connectivity index (χ2v) is 5.57. The fourth-order valence-electron chi connectivity index (χ4n) is 1.89. The van der Waals surface area contributed by atoms with Crippen LogP contribution in [0.2, 0.25) is 0 Å². The summed E-state index contributed by atoms with van der Waals surface area (Å²) in [6, 6.07) is 4.92. The second kappa shape index (κ2) is 4.79. The van der Waals surface area contributed by atoms with Crippen LogP contribution in [-0.4, -0.2) is 18.4 Å². The first-order chi connectivity index (χ1) is 7.24. The van der Waals surface area contributed by atoms with Crippen molar-refractivity contribution in [2.24, 2.45) is 4.99 Å². The summed E-state index contributed by atoms with van der Waals surface area (Å²) in [5.41, 5.74) is 0. The highest BCUT2D eigenvalue weighted by Crippen LogP contribution is 2.16. The lowest BCUT2D eigenvalue weighted by atomic mass is 10.2. The highest BCUT2D eigenvalue weighted by molar-refractivity contribution is 7.11. The van der Waals surface area contributed by atoms with Gasteiger partial charge in [0.05, 0.1) is 5.84 Å². The van der Waals surface area contributed by atoms with Crippen molar-refractivity contribution in [3.63, 3.8) is 0 Å². The molecule has 2 rings (SSSR count). The van der Waals surface area contributed by atoms with Crippen molar-refractivity contribution in [1.29, 1.82) is 0 Å². The fourth-order valence-corrected chi connectivity index (χ4v) is 2.91.